The summed E-state index contributed by atoms with van der Waals surface area (Å²) in [5.41, 5.74) is 0.0531. The van der Waals surface area contributed by atoms with Gasteiger partial charge in [-0.1, -0.05) is 92.2 Å². The molecule has 150 valence electrons. The summed E-state index contributed by atoms with van der Waals surface area (Å²) in [5, 5.41) is 12.5. The van der Waals surface area contributed by atoms with Crippen molar-refractivity contribution < 1.29 is 14.5 Å². The number of hydrogen-bond donors (Lipinski definition) is 0. The van der Waals surface area contributed by atoms with Crippen LogP contribution in [-0.4, -0.2) is 22.0 Å². The van der Waals surface area contributed by atoms with Crippen LogP contribution in [0.2, 0.25) is 0 Å². The molecule has 1 aliphatic carbocycles. The Kier molecular flexibility index (Phi) is 5.04. The number of aryl methyl sites for hydroxylation is 1. The monoisotopic (exact) mass is 399 g/mol. The average molecular weight is 399 g/mol. The fraction of sp³-hybridized carbons (Fsp3) is 0.200. The molecular weight excluding hydrogens is 378 g/mol. The molecule has 1 atom stereocenters. The molecule has 0 heterocycles. The first kappa shape index (κ1) is 19.7. The molecule has 5 nitrogen and oxygen atoms in total. The third kappa shape index (κ3) is 2.86. The summed E-state index contributed by atoms with van der Waals surface area (Å²) in [6, 6.07) is 22.5. The van der Waals surface area contributed by atoms with Gasteiger partial charge in [0.05, 0.1) is 5.92 Å². The van der Waals surface area contributed by atoms with Gasteiger partial charge in [-0.2, -0.15) is 0 Å². The number of nitrogens with zero attached hydrogens (tertiary/aromatic N) is 1. The predicted molar refractivity (Wildman–Crippen MR) is 114 cm³/mol. The molecule has 0 spiro atoms. The fourth-order valence-electron chi connectivity index (χ4n) is 4.41. The molecule has 0 saturated carbocycles. The Hall–Kier alpha value is -3.60. The molecule has 3 aromatic rings. The Balaban J connectivity index is 1.97. The number of benzene rings is 3. The van der Waals surface area contributed by atoms with Gasteiger partial charge in [0.15, 0.2) is 0 Å². The van der Waals surface area contributed by atoms with Gasteiger partial charge < -0.3 is 0 Å². The summed E-state index contributed by atoms with van der Waals surface area (Å²) in [5.74, 6) is -2.53. The second-order valence-corrected chi connectivity index (χ2v) is 7.56. The van der Waals surface area contributed by atoms with Crippen LogP contribution in [0.3, 0.4) is 0 Å². The van der Waals surface area contributed by atoms with Crippen LogP contribution < -0.4 is 0 Å². The molecule has 1 aliphatic rings. The second kappa shape index (κ2) is 7.67. The van der Waals surface area contributed by atoms with Crippen LogP contribution in [0.15, 0.2) is 78.9 Å². The second-order valence-electron chi connectivity index (χ2n) is 7.56. The highest BCUT2D eigenvalue weighted by molar-refractivity contribution is 6.32. The van der Waals surface area contributed by atoms with Crippen molar-refractivity contribution >= 4 is 11.6 Å². The summed E-state index contributed by atoms with van der Waals surface area (Å²) in [4.78, 5) is 38.8. The van der Waals surface area contributed by atoms with E-state index in [1.165, 1.54) is 12.1 Å². The van der Waals surface area contributed by atoms with E-state index >= 15 is 0 Å². The topological polar surface area (TPSA) is 77.3 Å². The highest BCUT2D eigenvalue weighted by Gasteiger charge is 2.68. The quantitative estimate of drug-likeness (QED) is 0.337. The Morgan fingerprint density at radius 3 is 1.80 bits per heavy atom. The Morgan fingerprint density at radius 1 is 0.800 bits per heavy atom. The lowest BCUT2D eigenvalue weighted by Gasteiger charge is -2.28. The number of hydrogen-bond acceptors (Lipinski definition) is 4. The number of fused-ring (bicyclic) bond motifs is 1. The standard InChI is InChI=1S/C25H21NO4/c1-2-8-17-13-15-19(16-14-17)22(18-9-4-3-5-10-18)25(26(29)30)23(27)20-11-6-7-12-21(20)24(25)28/h3-7,9-16,22H,2,8H2,1H3. The number of ketones is 2. The number of nitro groups is 1. The molecule has 0 saturated heterocycles. The first-order valence-corrected chi connectivity index (χ1v) is 9.98. The van der Waals surface area contributed by atoms with Gasteiger partial charge in [0.25, 0.3) is 0 Å². The molecule has 30 heavy (non-hydrogen) atoms. The minimum atomic E-state index is -2.42. The van der Waals surface area contributed by atoms with Gasteiger partial charge in [0.2, 0.25) is 11.6 Å². The van der Waals surface area contributed by atoms with Gasteiger partial charge in [-0.05, 0) is 23.1 Å². The van der Waals surface area contributed by atoms with E-state index in [4.69, 9.17) is 0 Å². The molecule has 0 bridgehead atoms. The normalized spacial score (nSPS) is 15.6. The zero-order chi connectivity index (χ0) is 21.3. The van der Waals surface area contributed by atoms with Crippen LogP contribution in [0.4, 0.5) is 0 Å². The van der Waals surface area contributed by atoms with Crippen LogP contribution in [-0.2, 0) is 6.42 Å². The van der Waals surface area contributed by atoms with E-state index < -0.39 is 27.9 Å². The van der Waals surface area contributed by atoms with Crippen molar-refractivity contribution in [1.29, 1.82) is 0 Å². The molecule has 5 heteroatoms. The Labute approximate surface area is 174 Å². The maximum absolute atomic E-state index is 13.5. The molecule has 4 rings (SSSR count). The molecule has 0 amide bonds. The van der Waals surface area contributed by atoms with Gasteiger partial charge in [0.1, 0.15) is 0 Å². The SMILES string of the molecule is CCCc1ccc(C(c2ccccc2)C2([N+](=O)[O-])C(=O)c3ccccc3C2=O)cc1. The highest BCUT2D eigenvalue weighted by atomic mass is 16.6. The minimum absolute atomic E-state index is 0.114. The van der Waals surface area contributed by atoms with Crippen LogP contribution in [0, 0.1) is 10.1 Å². The largest absolute Gasteiger partial charge is 0.355 e. The van der Waals surface area contributed by atoms with Gasteiger partial charge in [0, 0.05) is 16.1 Å². The molecular formula is C25H21NO4. The summed E-state index contributed by atoms with van der Waals surface area (Å²) in [6.07, 6.45) is 1.87. The third-order valence-corrected chi connectivity index (χ3v) is 5.80. The lowest BCUT2D eigenvalue weighted by Crippen LogP contribution is -2.54. The molecule has 0 aromatic heterocycles. The number of carbonyl (C=O) groups excluding carboxylic acids is 2. The lowest BCUT2D eigenvalue weighted by atomic mass is 9.72. The first-order chi connectivity index (χ1) is 14.5. The van der Waals surface area contributed by atoms with Crippen LogP contribution in [0.1, 0.15) is 56.7 Å². The Morgan fingerprint density at radius 2 is 1.30 bits per heavy atom. The molecule has 0 N–H and O–H groups in total. The van der Waals surface area contributed by atoms with Crippen LogP contribution in [0.5, 0.6) is 0 Å². The van der Waals surface area contributed by atoms with Crippen molar-refractivity contribution in [1.82, 2.24) is 0 Å². The minimum Gasteiger partial charge on any atom is -0.285 e. The zero-order valence-corrected chi connectivity index (χ0v) is 16.6. The number of Topliss-reactive ketones (excluding diaryl/α,β-unsaturated/α-hetero) is 2. The van der Waals surface area contributed by atoms with E-state index in [0.717, 1.165) is 18.4 Å². The lowest BCUT2D eigenvalue weighted by molar-refractivity contribution is -0.532. The third-order valence-electron chi connectivity index (χ3n) is 5.80. The van der Waals surface area contributed by atoms with E-state index in [0.29, 0.717) is 11.1 Å². The van der Waals surface area contributed by atoms with Gasteiger partial charge >= 0.3 is 5.54 Å². The summed E-state index contributed by atoms with van der Waals surface area (Å²) < 4.78 is 0. The molecule has 0 radical (unpaired) electrons. The number of rotatable bonds is 6. The molecule has 0 aliphatic heterocycles. The maximum Gasteiger partial charge on any atom is 0.355 e. The molecule has 0 fully saturated rings. The van der Waals surface area contributed by atoms with E-state index in [-0.39, 0.29) is 11.1 Å². The zero-order valence-electron chi connectivity index (χ0n) is 16.6. The summed E-state index contributed by atoms with van der Waals surface area (Å²) in [7, 11) is 0. The molecule has 1 unspecified atom stereocenters. The fourth-order valence-corrected chi connectivity index (χ4v) is 4.41. The van der Waals surface area contributed by atoms with E-state index in [1.807, 2.05) is 12.1 Å². The van der Waals surface area contributed by atoms with Crippen molar-refractivity contribution in [3.8, 4) is 0 Å². The van der Waals surface area contributed by atoms with Gasteiger partial charge in [-0.3, -0.25) is 19.7 Å². The average Bonchev–Trinajstić information content (AvgIpc) is 2.99. The summed E-state index contributed by atoms with van der Waals surface area (Å²) in [6.45, 7) is 2.08. The Bertz CT molecular complexity index is 1080. The highest BCUT2D eigenvalue weighted by Crippen LogP contribution is 2.45. The van der Waals surface area contributed by atoms with Crippen molar-refractivity contribution in [2.24, 2.45) is 0 Å². The molecule has 3 aromatic carbocycles. The van der Waals surface area contributed by atoms with Crippen LogP contribution in [0.25, 0.3) is 0 Å². The summed E-state index contributed by atoms with van der Waals surface area (Å²) >= 11 is 0. The van der Waals surface area contributed by atoms with E-state index in [1.54, 1.807) is 54.6 Å². The van der Waals surface area contributed by atoms with Gasteiger partial charge in [-0.15, -0.1) is 0 Å². The number of carbonyl (C=O) groups is 2. The first-order valence-electron chi connectivity index (χ1n) is 9.98. The smallest absolute Gasteiger partial charge is 0.285 e. The maximum atomic E-state index is 13.5. The van der Waals surface area contributed by atoms with Crippen molar-refractivity contribution in [3.05, 3.63) is 117 Å². The van der Waals surface area contributed by atoms with Gasteiger partial charge in [-0.25, -0.2) is 0 Å². The van der Waals surface area contributed by atoms with Crippen molar-refractivity contribution in [2.45, 2.75) is 31.2 Å². The van der Waals surface area contributed by atoms with E-state index in [9.17, 15) is 19.7 Å². The van der Waals surface area contributed by atoms with Crippen molar-refractivity contribution in [3.63, 3.8) is 0 Å². The van der Waals surface area contributed by atoms with E-state index in [2.05, 4.69) is 6.92 Å². The van der Waals surface area contributed by atoms with Crippen LogP contribution >= 0.6 is 0 Å². The predicted octanol–water partition coefficient (Wildman–Crippen LogP) is 4.87. The van der Waals surface area contributed by atoms with Crippen molar-refractivity contribution in [2.75, 3.05) is 0 Å².